The molecule has 2 saturated carbocycles. The summed E-state index contributed by atoms with van der Waals surface area (Å²) in [5.41, 5.74) is 0. The SMILES string of the molecule is C[C@@H]1C(Br)[C@@H](C)[C@H]2CC[C@@H]1C2. The molecular formula is C10H17Br. The smallest absolute Gasteiger partial charge is 0.0202 e. The van der Waals surface area contributed by atoms with Crippen LogP contribution in [0.25, 0.3) is 0 Å². The lowest BCUT2D eigenvalue weighted by atomic mass is 9.75. The Morgan fingerprint density at radius 1 is 1.00 bits per heavy atom. The average molecular weight is 217 g/mol. The Bertz CT molecular complexity index is 135. The third kappa shape index (κ3) is 1.16. The van der Waals surface area contributed by atoms with Gasteiger partial charge in [0.15, 0.2) is 0 Å². The van der Waals surface area contributed by atoms with Crippen LogP contribution in [0, 0.1) is 23.7 Å². The van der Waals surface area contributed by atoms with Gasteiger partial charge in [-0.1, -0.05) is 29.8 Å². The Balaban J connectivity index is 2.16. The molecule has 2 aliphatic rings. The van der Waals surface area contributed by atoms with Crippen LogP contribution in [-0.2, 0) is 0 Å². The molecule has 0 radical (unpaired) electrons. The first kappa shape index (κ1) is 8.10. The molecule has 2 fully saturated rings. The highest BCUT2D eigenvalue weighted by Crippen LogP contribution is 2.50. The molecule has 2 bridgehead atoms. The van der Waals surface area contributed by atoms with E-state index in [2.05, 4.69) is 29.8 Å². The molecule has 0 N–H and O–H groups in total. The van der Waals surface area contributed by atoms with E-state index in [-0.39, 0.29) is 0 Å². The average Bonchev–Trinajstić information content (AvgIpc) is 2.44. The van der Waals surface area contributed by atoms with E-state index in [4.69, 9.17) is 0 Å². The molecule has 1 unspecified atom stereocenters. The normalized spacial score (nSPS) is 56.5. The van der Waals surface area contributed by atoms with Crippen molar-refractivity contribution in [1.29, 1.82) is 0 Å². The van der Waals surface area contributed by atoms with Crippen LogP contribution in [0.2, 0.25) is 0 Å². The van der Waals surface area contributed by atoms with Gasteiger partial charge in [0, 0.05) is 4.83 Å². The summed E-state index contributed by atoms with van der Waals surface area (Å²) in [5, 5.41) is 0. The van der Waals surface area contributed by atoms with Gasteiger partial charge in [-0.25, -0.2) is 0 Å². The first-order chi connectivity index (χ1) is 5.20. The summed E-state index contributed by atoms with van der Waals surface area (Å²) in [4.78, 5) is 0.800. The maximum atomic E-state index is 3.84. The summed E-state index contributed by atoms with van der Waals surface area (Å²) in [6.07, 6.45) is 4.51. The molecule has 5 atom stereocenters. The third-order valence-corrected chi connectivity index (χ3v) is 5.67. The fourth-order valence-corrected chi connectivity index (χ4v) is 3.87. The summed E-state index contributed by atoms with van der Waals surface area (Å²) < 4.78 is 0. The summed E-state index contributed by atoms with van der Waals surface area (Å²) in [7, 11) is 0. The second-order valence-corrected chi connectivity index (χ2v) is 5.55. The van der Waals surface area contributed by atoms with Crippen molar-refractivity contribution in [2.75, 3.05) is 0 Å². The standard InChI is InChI=1S/C10H17Br/c1-6-8-3-4-9(5-8)7(2)10(6)11/h6-10H,3-5H2,1-2H3/t6-,7-,8-,9+,10?/m0/s1. The second kappa shape index (κ2) is 2.76. The molecule has 11 heavy (non-hydrogen) atoms. The van der Waals surface area contributed by atoms with Crippen molar-refractivity contribution in [3.05, 3.63) is 0 Å². The van der Waals surface area contributed by atoms with Crippen LogP contribution in [0.15, 0.2) is 0 Å². The number of alkyl halides is 1. The van der Waals surface area contributed by atoms with E-state index < -0.39 is 0 Å². The van der Waals surface area contributed by atoms with E-state index in [1.807, 2.05) is 0 Å². The largest absolute Gasteiger partial charge is 0.0885 e. The van der Waals surface area contributed by atoms with Gasteiger partial charge in [-0.3, -0.25) is 0 Å². The predicted molar refractivity (Wildman–Crippen MR) is 51.9 cm³/mol. The van der Waals surface area contributed by atoms with E-state index in [1.54, 1.807) is 0 Å². The lowest BCUT2D eigenvalue weighted by Crippen LogP contribution is -2.32. The summed E-state index contributed by atoms with van der Waals surface area (Å²) in [6.45, 7) is 4.84. The minimum absolute atomic E-state index is 0.800. The van der Waals surface area contributed by atoms with Crippen molar-refractivity contribution in [2.24, 2.45) is 23.7 Å². The molecule has 0 heterocycles. The highest BCUT2D eigenvalue weighted by molar-refractivity contribution is 9.09. The molecule has 0 amide bonds. The van der Waals surface area contributed by atoms with Crippen LogP contribution in [-0.4, -0.2) is 4.83 Å². The predicted octanol–water partition coefficient (Wildman–Crippen LogP) is 3.45. The van der Waals surface area contributed by atoms with Crippen molar-refractivity contribution < 1.29 is 0 Å². The van der Waals surface area contributed by atoms with E-state index in [0.29, 0.717) is 0 Å². The summed E-state index contributed by atoms with van der Waals surface area (Å²) >= 11 is 3.84. The van der Waals surface area contributed by atoms with Crippen LogP contribution in [0.5, 0.6) is 0 Å². The highest BCUT2D eigenvalue weighted by atomic mass is 79.9. The molecule has 0 aliphatic heterocycles. The molecule has 64 valence electrons. The molecule has 0 aromatic heterocycles. The molecule has 1 heteroatoms. The van der Waals surface area contributed by atoms with Crippen LogP contribution >= 0.6 is 15.9 Å². The van der Waals surface area contributed by atoms with Gasteiger partial charge in [0.2, 0.25) is 0 Å². The molecule has 0 nitrogen and oxygen atoms in total. The minimum atomic E-state index is 0.800. The number of hydrogen-bond acceptors (Lipinski definition) is 0. The fraction of sp³-hybridized carbons (Fsp3) is 1.00. The van der Waals surface area contributed by atoms with E-state index in [9.17, 15) is 0 Å². The first-order valence-electron chi connectivity index (χ1n) is 4.84. The molecule has 0 saturated heterocycles. The van der Waals surface area contributed by atoms with Crippen LogP contribution in [0.3, 0.4) is 0 Å². The van der Waals surface area contributed by atoms with Gasteiger partial charge in [-0.2, -0.15) is 0 Å². The Morgan fingerprint density at radius 2 is 1.45 bits per heavy atom. The minimum Gasteiger partial charge on any atom is -0.0885 e. The van der Waals surface area contributed by atoms with E-state index in [1.165, 1.54) is 19.3 Å². The van der Waals surface area contributed by atoms with Crippen molar-refractivity contribution in [1.82, 2.24) is 0 Å². The Labute approximate surface area is 77.9 Å². The van der Waals surface area contributed by atoms with Crippen LogP contribution < -0.4 is 0 Å². The van der Waals surface area contributed by atoms with Crippen molar-refractivity contribution >= 4 is 15.9 Å². The second-order valence-electron chi connectivity index (χ2n) is 4.50. The highest BCUT2D eigenvalue weighted by Gasteiger charge is 2.42. The van der Waals surface area contributed by atoms with Gasteiger partial charge in [0.1, 0.15) is 0 Å². The zero-order chi connectivity index (χ0) is 8.01. The van der Waals surface area contributed by atoms with Gasteiger partial charge in [-0.05, 0) is 42.9 Å². The number of fused-ring (bicyclic) bond motifs is 2. The van der Waals surface area contributed by atoms with Gasteiger partial charge < -0.3 is 0 Å². The third-order valence-electron chi connectivity index (χ3n) is 4.01. The van der Waals surface area contributed by atoms with Crippen molar-refractivity contribution in [2.45, 2.75) is 37.9 Å². The van der Waals surface area contributed by atoms with Crippen LogP contribution in [0.1, 0.15) is 33.1 Å². The van der Waals surface area contributed by atoms with E-state index in [0.717, 1.165) is 28.5 Å². The quantitative estimate of drug-likeness (QED) is 0.545. The molecular weight excluding hydrogens is 200 g/mol. The van der Waals surface area contributed by atoms with Gasteiger partial charge in [0.05, 0.1) is 0 Å². The number of halogens is 1. The topological polar surface area (TPSA) is 0 Å². The molecule has 0 spiro atoms. The van der Waals surface area contributed by atoms with Crippen molar-refractivity contribution in [3.63, 3.8) is 0 Å². The monoisotopic (exact) mass is 216 g/mol. The number of rotatable bonds is 0. The van der Waals surface area contributed by atoms with Crippen molar-refractivity contribution in [3.8, 4) is 0 Å². The lowest BCUT2D eigenvalue weighted by molar-refractivity contribution is 0.212. The summed E-state index contributed by atoms with van der Waals surface area (Å²) in [6, 6.07) is 0. The fourth-order valence-electron chi connectivity index (χ4n) is 3.01. The van der Waals surface area contributed by atoms with Gasteiger partial charge >= 0.3 is 0 Å². The number of hydrogen-bond donors (Lipinski definition) is 0. The molecule has 2 rings (SSSR count). The lowest BCUT2D eigenvalue weighted by Gasteiger charge is -2.36. The van der Waals surface area contributed by atoms with Crippen LogP contribution in [0.4, 0.5) is 0 Å². The maximum Gasteiger partial charge on any atom is 0.0202 e. The molecule has 0 aromatic carbocycles. The maximum absolute atomic E-state index is 3.84. The Morgan fingerprint density at radius 3 is 1.91 bits per heavy atom. The van der Waals surface area contributed by atoms with E-state index >= 15 is 0 Å². The zero-order valence-electron chi connectivity index (χ0n) is 7.39. The van der Waals surface area contributed by atoms with Gasteiger partial charge in [0.25, 0.3) is 0 Å². The first-order valence-corrected chi connectivity index (χ1v) is 5.75. The Hall–Kier alpha value is 0.480. The molecule has 0 aromatic rings. The Kier molecular flexibility index (Phi) is 2.03. The zero-order valence-corrected chi connectivity index (χ0v) is 8.97. The summed E-state index contributed by atoms with van der Waals surface area (Å²) in [5.74, 6) is 3.92. The van der Waals surface area contributed by atoms with Gasteiger partial charge in [-0.15, -0.1) is 0 Å². The molecule has 2 aliphatic carbocycles.